The molecule has 0 aliphatic heterocycles. The Balaban J connectivity index is 1.72. The third-order valence-corrected chi connectivity index (χ3v) is 6.09. The second kappa shape index (κ2) is 9.22. The van der Waals surface area contributed by atoms with Crippen molar-refractivity contribution in [2.75, 3.05) is 17.1 Å². The Morgan fingerprint density at radius 3 is 2.45 bits per heavy atom. The molecule has 154 valence electrons. The van der Waals surface area contributed by atoms with Crippen LogP contribution in [0.2, 0.25) is 0 Å². The van der Waals surface area contributed by atoms with E-state index in [2.05, 4.69) is 11.4 Å². The van der Waals surface area contributed by atoms with Crippen LogP contribution in [0, 0.1) is 5.82 Å². The van der Waals surface area contributed by atoms with Gasteiger partial charge in [0.15, 0.2) is 0 Å². The first-order valence-corrected chi connectivity index (χ1v) is 11.5. The zero-order valence-corrected chi connectivity index (χ0v) is 17.2. The molecule has 3 rings (SSSR count). The maximum Gasteiger partial charge on any atom is 0.251 e. The van der Waals surface area contributed by atoms with Gasteiger partial charge in [0, 0.05) is 17.7 Å². The number of amides is 1. The summed E-state index contributed by atoms with van der Waals surface area (Å²) in [7, 11) is -3.63. The van der Waals surface area contributed by atoms with Gasteiger partial charge < -0.3 is 5.32 Å². The van der Waals surface area contributed by atoms with Gasteiger partial charge in [0.2, 0.25) is 10.0 Å². The first-order chi connectivity index (χ1) is 13.8. The molecule has 1 aliphatic rings. The average Bonchev–Trinajstić information content (AvgIpc) is 2.71. The third kappa shape index (κ3) is 5.67. The van der Waals surface area contributed by atoms with Crippen molar-refractivity contribution in [3.8, 4) is 0 Å². The van der Waals surface area contributed by atoms with E-state index in [0.717, 1.165) is 29.8 Å². The molecule has 0 atom stereocenters. The number of nitrogens with zero attached hydrogens (tertiary/aromatic N) is 1. The van der Waals surface area contributed by atoms with E-state index in [4.69, 9.17) is 0 Å². The summed E-state index contributed by atoms with van der Waals surface area (Å²) in [5.41, 5.74) is 2.35. The zero-order valence-electron chi connectivity index (χ0n) is 16.4. The number of carbonyl (C=O) groups is 1. The van der Waals surface area contributed by atoms with Gasteiger partial charge in [-0.3, -0.25) is 9.10 Å². The maximum absolute atomic E-state index is 14.0. The second-order valence-corrected chi connectivity index (χ2v) is 9.11. The van der Waals surface area contributed by atoms with Gasteiger partial charge in [-0.2, -0.15) is 0 Å². The van der Waals surface area contributed by atoms with Crippen LogP contribution in [-0.2, 0) is 16.6 Å². The van der Waals surface area contributed by atoms with Gasteiger partial charge in [-0.15, -0.1) is 0 Å². The third-order valence-electron chi connectivity index (χ3n) is 4.95. The van der Waals surface area contributed by atoms with Gasteiger partial charge in [0.25, 0.3) is 5.91 Å². The standard InChI is InChI=1S/C22H25FN2O3S/c1-29(27,28)25(16-19-9-5-6-10-21(19)23)20-13-11-18(12-14-20)22(26)24-15-17-7-3-2-4-8-17/h5-7,9-14H,2-4,8,15-16H2,1H3,(H,24,26). The Morgan fingerprint density at radius 2 is 1.83 bits per heavy atom. The molecule has 1 N–H and O–H groups in total. The fraction of sp³-hybridized carbons (Fsp3) is 0.318. The molecule has 1 aliphatic carbocycles. The normalized spacial score (nSPS) is 14.2. The summed E-state index contributed by atoms with van der Waals surface area (Å²) in [6.07, 6.45) is 7.68. The predicted octanol–water partition coefficient (Wildman–Crippen LogP) is 4.02. The van der Waals surface area contributed by atoms with E-state index < -0.39 is 15.8 Å². The summed E-state index contributed by atoms with van der Waals surface area (Å²) in [5, 5.41) is 2.91. The van der Waals surface area contributed by atoms with Crippen molar-refractivity contribution in [3.63, 3.8) is 0 Å². The van der Waals surface area contributed by atoms with Gasteiger partial charge in [0.1, 0.15) is 5.82 Å². The molecule has 0 unspecified atom stereocenters. The Bertz CT molecular complexity index is 1000. The molecule has 0 saturated carbocycles. The minimum absolute atomic E-state index is 0.120. The topological polar surface area (TPSA) is 66.5 Å². The summed E-state index contributed by atoms with van der Waals surface area (Å²) < 4.78 is 39.6. The van der Waals surface area contributed by atoms with Crippen LogP contribution in [0.25, 0.3) is 0 Å². The van der Waals surface area contributed by atoms with Gasteiger partial charge >= 0.3 is 0 Å². The summed E-state index contributed by atoms with van der Waals surface area (Å²) >= 11 is 0. The number of nitrogens with one attached hydrogen (secondary N) is 1. The summed E-state index contributed by atoms with van der Waals surface area (Å²) in [6.45, 7) is 0.411. The molecule has 0 fully saturated rings. The SMILES string of the molecule is CS(=O)(=O)N(Cc1ccccc1F)c1ccc(C(=O)NCC2=CCCCC2)cc1. The molecule has 2 aromatic carbocycles. The highest BCUT2D eigenvalue weighted by atomic mass is 32.2. The van der Waals surface area contributed by atoms with Crippen LogP contribution >= 0.6 is 0 Å². The molecule has 0 spiro atoms. The fourth-order valence-corrected chi connectivity index (χ4v) is 4.20. The molecule has 0 saturated heterocycles. The first kappa shape index (κ1) is 21.0. The number of hydrogen-bond acceptors (Lipinski definition) is 3. The van der Waals surface area contributed by atoms with Gasteiger partial charge in [0.05, 0.1) is 18.5 Å². The monoisotopic (exact) mass is 416 g/mol. The van der Waals surface area contributed by atoms with Crippen LogP contribution in [0.1, 0.15) is 41.6 Å². The molecular formula is C22H25FN2O3S. The Hall–Kier alpha value is -2.67. The molecule has 29 heavy (non-hydrogen) atoms. The molecule has 2 aromatic rings. The van der Waals surface area contributed by atoms with Crippen LogP contribution in [0.4, 0.5) is 10.1 Å². The lowest BCUT2D eigenvalue weighted by molar-refractivity contribution is 0.0956. The molecule has 7 heteroatoms. The highest BCUT2D eigenvalue weighted by Gasteiger charge is 2.20. The van der Waals surface area contributed by atoms with E-state index in [1.807, 2.05) is 0 Å². The number of sulfonamides is 1. The van der Waals surface area contributed by atoms with Crippen LogP contribution in [0.3, 0.4) is 0 Å². The molecule has 0 bridgehead atoms. The van der Waals surface area contributed by atoms with Crippen LogP contribution in [-0.4, -0.2) is 27.1 Å². The van der Waals surface area contributed by atoms with Crippen molar-refractivity contribution in [3.05, 3.63) is 77.1 Å². The molecule has 1 amide bonds. The summed E-state index contributed by atoms with van der Waals surface area (Å²) in [6, 6.07) is 12.4. The van der Waals surface area contributed by atoms with E-state index in [1.165, 1.54) is 18.1 Å². The quantitative estimate of drug-likeness (QED) is 0.693. The smallest absolute Gasteiger partial charge is 0.251 e. The minimum Gasteiger partial charge on any atom is -0.348 e. The van der Waals surface area contributed by atoms with E-state index in [-0.39, 0.29) is 18.0 Å². The Labute approximate surface area is 171 Å². The van der Waals surface area contributed by atoms with E-state index in [0.29, 0.717) is 17.8 Å². The first-order valence-electron chi connectivity index (χ1n) is 9.62. The molecule has 0 aromatic heterocycles. The Kier molecular flexibility index (Phi) is 6.69. The number of rotatable bonds is 7. The molecule has 5 nitrogen and oxygen atoms in total. The second-order valence-electron chi connectivity index (χ2n) is 7.20. The number of benzene rings is 2. The summed E-state index contributed by atoms with van der Waals surface area (Å²) in [4.78, 5) is 12.4. The highest BCUT2D eigenvalue weighted by Crippen LogP contribution is 2.22. The van der Waals surface area contributed by atoms with Crippen LogP contribution < -0.4 is 9.62 Å². The molecule has 0 heterocycles. The van der Waals surface area contributed by atoms with E-state index >= 15 is 0 Å². The largest absolute Gasteiger partial charge is 0.348 e. The zero-order chi connectivity index (χ0) is 20.9. The van der Waals surface area contributed by atoms with Crippen molar-refractivity contribution in [1.82, 2.24) is 5.32 Å². The number of hydrogen-bond donors (Lipinski definition) is 1. The van der Waals surface area contributed by atoms with Gasteiger partial charge in [-0.1, -0.05) is 29.8 Å². The van der Waals surface area contributed by atoms with Crippen molar-refractivity contribution in [2.45, 2.75) is 32.2 Å². The lowest BCUT2D eigenvalue weighted by atomic mass is 9.99. The summed E-state index contributed by atoms with van der Waals surface area (Å²) in [5.74, 6) is -0.669. The molecule has 0 radical (unpaired) electrons. The van der Waals surface area contributed by atoms with Crippen molar-refractivity contribution in [2.24, 2.45) is 0 Å². The lowest BCUT2D eigenvalue weighted by Crippen LogP contribution is -2.30. The maximum atomic E-state index is 14.0. The predicted molar refractivity (Wildman–Crippen MR) is 113 cm³/mol. The van der Waals surface area contributed by atoms with Gasteiger partial charge in [-0.25, -0.2) is 12.8 Å². The van der Waals surface area contributed by atoms with Crippen molar-refractivity contribution in [1.29, 1.82) is 0 Å². The van der Waals surface area contributed by atoms with E-state index in [1.54, 1.807) is 42.5 Å². The minimum atomic E-state index is -3.63. The van der Waals surface area contributed by atoms with Crippen LogP contribution in [0.5, 0.6) is 0 Å². The van der Waals surface area contributed by atoms with Gasteiger partial charge in [-0.05, 0) is 56.0 Å². The highest BCUT2D eigenvalue weighted by molar-refractivity contribution is 7.92. The number of halogens is 1. The number of allylic oxidation sites excluding steroid dienone is 1. The lowest BCUT2D eigenvalue weighted by Gasteiger charge is -2.23. The number of carbonyl (C=O) groups excluding carboxylic acids is 1. The van der Waals surface area contributed by atoms with Crippen LogP contribution in [0.15, 0.2) is 60.2 Å². The average molecular weight is 417 g/mol. The molecular weight excluding hydrogens is 391 g/mol. The number of anilines is 1. The van der Waals surface area contributed by atoms with E-state index in [9.17, 15) is 17.6 Å². The van der Waals surface area contributed by atoms with Crippen molar-refractivity contribution < 1.29 is 17.6 Å². The Morgan fingerprint density at radius 1 is 1.10 bits per heavy atom. The van der Waals surface area contributed by atoms with Crippen molar-refractivity contribution >= 4 is 21.6 Å². The fourth-order valence-electron chi connectivity index (χ4n) is 3.32.